The van der Waals surface area contributed by atoms with E-state index < -0.39 is 0 Å². The van der Waals surface area contributed by atoms with Crippen LogP contribution in [0.1, 0.15) is 51.9 Å². The number of hydrogen-bond donors (Lipinski definition) is 1. The minimum atomic E-state index is -0.352. The second kappa shape index (κ2) is 4.84. The van der Waals surface area contributed by atoms with E-state index in [1.807, 2.05) is 0 Å². The lowest BCUT2D eigenvalue weighted by atomic mass is 9.90. The van der Waals surface area contributed by atoms with Gasteiger partial charge in [0.05, 0.1) is 5.60 Å². The molecular weight excluding hydrogens is 186 g/mol. The van der Waals surface area contributed by atoms with Crippen LogP contribution >= 0.6 is 0 Å². The quantitative estimate of drug-likeness (QED) is 0.725. The minimum Gasteiger partial charge on any atom is -0.389 e. The molecule has 1 heterocycles. The number of likely N-dealkylation sites (tertiary alicyclic amines) is 1. The summed E-state index contributed by atoms with van der Waals surface area (Å²) in [6, 6.07) is 0. The highest BCUT2D eigenvalue weighted by molar-refractivity contribution is 4.89. The zero-order chi connectivity index (χ0) is 10.7. The maximum Gasteiger partial charge on any atom is 0.0774 e. The van der Waals surface area contributed by atoms with Crippen molar-refractivity contribution in [2.45, 2.75) is 57.5 Å². The van der Waals surface area contributed by atoms with Crippen LogP contribution in [-0.4, -0.2) is 35.2 Å². The van der Waals surface area contributed by atoms with E-state index in [4.69, 9.17) is 0 Å². The van der Waals surface area contributed by atoms with Crippen molar-refractivity contribution < 1.29 is 5.11 Å². The molecule has 1 saturated carbocycles. The summed E-state index contributed by atoms with van der Waals surface area (Å²) >= 11 is 0. The second-order valence-electron chi connectivity index (χ2n) is 5.61. The van der Waals surface area contributed by atoms with Gasteiger partial charge in [-0.05, 0) is 18.8 Å². The van der Waals surface area contributed by atoms with Crippen molar-refractivity contribution >= 4 is 0 Å². The highest BCUT2D eigenvalue weighted by Crippen LogP contribution is 2.30. The Bertz CT molecular complexity index is 191. The molecule has 2 aliphatic rings. The molecule has 1 aliphatic carbocycles. The zero-order valence-electron chi connectivity index (χ0n) is 10.0. The molecular formula is C13H25NO. The van der Waals surface area contributed by atoms with Gasteiger partial charge in [-0.2, -0.15) is 0 Å². The molecule has 0 atom stereocenters. The van der Waals surface area contributed by atoms with E-state index in [1.165, 1.54) is 45.2 Å². The lowest BCUT2D eigenvalue weighted by molar-refractivity contribution is -0.0409. The molecule has 0 spiro atoms. The maximum absolute atomic E-state index is 10.5. The van der Waals surface area contributed by atoms with Gasteiger partial charge in [-0.15, -0.1) is 0 Å². The van der Waals surface area contributed by atoms with Gasteiger partial charge in [-0.1, -0.05) is 39.0 Å². The van der Waals surface area contributed by atoms with Crippen LogP contribution in [0.15, 0.2) is 0 Å². The number of nitrogens with zero attached hydrogens (tertiary/aromatic N) is 1. The molecule has 0 unspecified atom stereocenters. The molecule has 88 valence electrons. The lowest BCUT2D eigenvalue weighted by Gasteiger charge is -2.43. The van der Waals surface area contributed by atoms with Gasteiger partial charge < -0.3 is 5.11 Å². The summed E-state index contributed by atoms with van der Waals surface area (Å²) in [6.45, 7) is 5.64. The Balaban J connectivity index is 1.77. The fourth-order valence-electron chi connectivity index (χ4n) is 3.03. The van der Waals surface area contributed by atoms with E-state index in [9.17, 15) is 5.11 Å². The average molecular weight is 211 g/mol. The molecule has 2 fully saturated rings. The maximum atomic E-state index is 10.5. The van der Waals surface area contributed by atoms with E-state index in [1.54, 1.807) is 0 Å². The normalized spacial score (nSPS) is 28.4. The topological polar surface area (TPSA) is 23.5 Å². The fourth-order valence-corrected chi connectivity index (χ4v) is 3.03. The first-order chi connectivity index (χ1) is 7.22. The Labute approximate surface area is 93.7 Å². The Morgan fingerprint density at radius 1 is 1.13 bits per heavy atom. The van der Waals surface area contributed by atoms with Crippen molar-refractivity contribution in [2.24, 2.45) is 5.92 Å². The van der Waals surface area contributed by atoms with Crippen LogP contribution in [-0.2, 0) is 0 Å². The zero-order valence-corrected chi connectivity index (χ0v) is 10.0. The van der Waals surface area contributed by atoms with Crippen LogP contribution in [0.3, 0.4) is 0 Å². The minimum absolute atomic E-state index is 0.352. The third-order valence-electron chi connectivity index (χ3n) is 4.16. The van der Waals surface area contributed by atoms with Gasteiger partial charge in [0.2, 0.25) is 0 Å². The molecule has 1 aliphatic heterocycles. The third-order valence-corrected chi connectivity index (χ3v) is 4.16. The summed E-state index contributed by atoms with van der Waals surface area (Å²) in [5.74, 6) is 0.902. The molecule has 15 heavy (non-hydrogen) atoms. The van der Waals surface area contributed by atoms with E-state index >= 15 is 0 Å². The van der Waals surface area contributed by atoms with Crippen LogP contribution < -0.4 is 0 Å². The van der Waals surface area contributed by atoms with Crippen LogP contribution in [0.4, 0.5) is 0 Å². The molecule has 0 amide bonds. The number of β-amino-alcohol motifs (C(OH)–C–C–N with tert-alkyl or cyclic N) is 1. The lowest BCUT2D eigenvalue weighted by Crippen LogP contribution is -2.53. The molecule has 0 radical (unpaired) electrons. The largest absolute Gasteiger partial charge is 0.389 e. The van der Waals surface area contributed by atoms with Gasteiger partial charge in [0.25, 0.3) is 0 Å². The molecule has 1 saturated heterocycles. The van der Waals surface area contributed by atoms with Gasteiger partial charge in [-0.25, -0.2) is 0 Å². The fraction of sp³-hybridized carbons (Fsp3) is 1.00. The van der Waals surface area contributed by atoms with Crippen LogP contribution in [0, 0.1) is 5.92 Å². The summed E-state index contributed by atoms with van der Waals surface area (Å²) < 4.78 is 0. The Morgan fingerprint density at radius 3 is 2.27 bits per heavy atom. The number of rotatable bonds is 3. The predicted molar refractivity (Wildman–Crippen MR) is 62.9 cm³/mol. The first kappa shape index (κ1) is 11.4. The molecule has 0 aromatic heterocycles. The van der Waals surface area contributed by atoms with Gasteiger partial charge in [-0.3, -0.25) is 4.90 Å². The van der Waals surface area contributed by atoms with Gasteiger partial charge in [0.15, 0.2) is 0 Å². The van der Waals surface area contributed by atoms with Crippen molar-refractivity contribution in [3.63, 3.8) is 0 Å². The summed E-state index contributed by atoms with van der Waals surface area (Å²) in [6.07, 6.45) is 8.44. The summed E-state index contributed by atoms with van der Waals surface area (Å²) in [5, 5.41) is 10.5. The molecule has 2 nitrogen and oxygen atoms in total. The Hall–Kier alpha value is -0.0800. The molecule has 0 aromatic carbocycles. The Morgan fingerprint density at radius 2 is 1.73 bits per heavy atom. The van der Waals surface area contributed by atoms with Crippen LogP contribution in [0.5, 0.6) is 0 Å². The van der Waals surface area contributed by atoms with Gasteiger partial charge in [0, 0.05) is 19.6 Å². The first-order valence-electron chi connectivity index (χ1n) is 6.66. The Kier molecular flexibility index (Phi) is 3.68. The van der Waals surface area contributed by atoms with E-state index in [0.717, 1.165) is 25.3 Å². The predicted octanol–water partition coefficient (Wildman–Crippen LogP) is 2.41. The van der Waals surface area contributed by atoms with Gasteiger partial charge >= 0.3 is 0 Å². The van der Waals surface area contributed by atoms with Gasteiger partial charge in [0.1, 0.15) is 0 Å². The van der Waals surface area contributed by atoms with E-state index in [-0.39, 0.29) is 5.60 Å². The number of aliphatic hydroxyl groups is 1. The van der Waals surface area contributed by atoms with E-state index in [0.29, 0.717) is 0 Å². The smallest absolute Gasteiger partial charge is 0.0774 e. The van der Waals surface area contributed by atoms with E-state index in [2.05, 4.69) is 11.8 Å². The second-order valence-corrected chi connectivity index (χ2v) is 5.61. The third kappa shape index (κ3) is 2.94. The summed E-state index contributed by atoms with van der Waals surface area (Å²) in [5.41, 5.74) is -0.352. The molecule has 0 bridgehead atoms. The van der Waals surface area contributed by atoms with Crippen molar-refractivity contribution in [1.82, 2.24) is 4.90 Å². The van der Waals surface area contributed by atoms with Crippen molar-refractivity contribution in [3.8, 4) is 0 Å². The standard InChI is InChI=1S/C13H25NO/c1-2-12-9-14(10-12)11-13(15)7-5-3-4-6-8-13/h12,15H,2-11H2,1H3. The summed E-state index contributed by atoms with van der Waals surface area (Å²) in [4.78, 5) is 2.44. The highest BCUT2D eigenvalue weighted by atomic mass is 16.3. The van der Waals surface area contributed by atoms with Crippen LogP contribution in [0.25, 0.3) is 0 Å². The van der Waals surface area contributed by atoms with Crippen LogP contribution in [0.2, 0.25) is 0 Å². The summed E-state index contributed by atoms with van der Waals surface area (Å²) in [7, 11) is 0. The van der Waals surface area contributed by atoms with Crippen molar-refractivity contribution in [2.75, 3.05) is 19.6 Å². The highest BCUT2D eigenvalue weighted by Gasteiger charge is 2.34. The number of hydrogen-bond acceptors (Lipinski definition) is 2. The molecule has 0 aromatic rings. The SMILES string of the molecule is CCC1CN(CC2(O)CCCCCC2)C1. The first-order valence-corrected chi connectivity index (χ1v) is 6.66. The van der Waals surface area contributed by atoms with Crippen molar-refractivity contribution in [3.05, 3.63) is 0 Å². The van der Waals surface area contributed by atoms with Crippen molar-refractivity contribution in [1.29, 1.82) is 0 Å². The molecule has 2 rings (SSSR count). The monoisotopic (exact) mass is 211 g/mol. The molecule has 2 heteroatoms. The molecule has 1 N–H and O–H groups in total. The average Bonchev–Trinajstić information content (AvgIpc) is 2.36.